The third-order valence-electron chi connectivity index (χ3n) is 5.41. The molecule has 34 heavy (non-hydrogen) atoms. The zero-order valence-corrected chi connectivity index (χ0v) is 19.7. The fourth-order valence-electron chi connectivity index (χ4n) is 3.26. The molecule has 0 radical (unpaired) electrons. The molecule has 1 atom stereocenters. The van der Waals surface area contributed by atoms with Gasteiger partial charge in [0.1, 0.15) is 5.82 Å². The fourth-order valence-corrected chi connectivity index (χ4v) is 3.26. The normalized spacial score (nSPS) is 16.1. The molecule has 0 unspecified atom stereocenters. The second-order valence-corrected chi connectivity index (χ2v) is 8.23. The average Bonchev–Trinajstić information content (AvgIpc) is 3.67. The predicted octanol–water partition coefficient (Wildman–Crippen LogP) is 4.81. The lowest BCUT2D eigenvalue weighted by Gasteiger charge is -2.16. The zero-order chi connectivity index (χ0) is 24.3. The van der Waals surface area contributed by atoms with Crippen LogP contribution in [0.15, 0.2) is 75.6 Å². The largest absolute Gasteiger partial charge is 0.483 e. The van der Waals surface area contributed by atoms with Crippen molar-refractivity contribution in [1.29, 1.82) is 0 Å². The molecule has 0 spiro atoms. The minimum absolute atomic E-state index is 0.182. The summed E-state index contributed by atoms with van der Waals surface area (Å²) in [5.74, 6) is 6.07. The topological polar surface area (TPSA) is 108 Å². The lowest BCUT2D eigenvalue weighted by Crippen LogP contribution is -2.13. The van der Waals surface area contributed by atoms with Crippen LogP contribution in [0.3, 0.4) is 0 Å². The molecule has 1 saturated carbocycles. The maximum absolute atomic E-state index is 14.1. The third-order valence-corrected chi connectivity index (χ3v) is 5.41. The van der Waals surface area contributed by atoms with Gasteiger partial charge in [-0.2, -0.15) is 5.10 Å². The Morgan fingerprint density at radius 3 is 2.62 bits per heavy atom. The molecule has 4 N–H and O–H groups in total. The maximum atomic E-state index is 14.1. The van der Waals surface area contributed by atoms with Gasteiger partial charge in [-0.3, -0.25) is 9.98 Å². The van der Waals surface area contributed by atoms with Gasteiger partial charge in [-0.15, -0.1) is 0 Å². The molecule has 0 amide bonds. The molecule has 1 fully saturated rings. The second-order valence-electron chi connectivity index (χ2n) is 8.23. The number of methoxy groups -OCH3 is 1. The number of nitrogens with two attached hydrogens (primary N) is 2. The minimum atomic E-state index is -0.401. The molecule has 0 aromatic heterocycles. The summed E-state index contributed by atoms with van der Waals surface area (Å²) >= 11 is 0. The van der Waals surface area contributed by atoms with Crippen molar-refractivity contribution in [3.8, 4) is 0 Å². The van der Waals surface area contributed by atoms with Crippen molar-refractivity contribution in [2.24, 2.45) is 32.6 Å². The maximum Gasteiger partial charge on any atom is 0.185 e. The molecule has 3 rings (SSSR count). The van der Waals surface area contributed by atoms with Crippen LogP contribution >= 0.6 is 0 Å². The van der Waals surface area contributed by atoms with E-state index < -0.39 is 6.10 Å². The number of nitrogens with zero attached hydrogens (tertiary/aromatic N) is 3. The van der Waals surface area contributed by atoms with Gasteiger partial charge in [0.2, 0.25) is 0 Å². The number of ether oxygens (including phenoxy) is 2. The van der Waals surface area contributed by atoms with Gasteiger partial charge in [0.25, 0.3) is 0 Å². The summed E-state index contributed by atoms with van der Waals surface area (Å²) in [6.45, 7) is 3.03. The van der Waals surface area contributed by atoms with E-state index in [1.165, 1.54) is 32.1 Å². The number of hydrogen-bond acceptors (Lipinski definition) is 7. The monoisotopic (exact) mass is 465 g/mol. The highest BCUT2D eigenvalue weighted by Gasteiger charge is 2.20. The molecule has 2 aromatic carbocycles. The van der Waals surface area contributed by atoms with Gasteiger partial charge >= 0.3 is 0 Å². The summed E-state index contributed by atoms with van der Waals surface area (Å²) < 4.78 is 25.3. The second kappa shape index (κ2) is 12.6. The van der Waals surface area contributed by atoms with Crippen molar-refractivity contribution >= 4 is 23.3 Å². The summed E-state index contributed by atoms with van der Waals surface area (Å²) in [4.78, 5) is 9.17. The van der Waals surface area contributed by atoms with Crippen molar-refractivity contribution < 1.29 is 13.9 Å². The molecule has 2 aromatic rings. The molecule has 180 valence electrons. The average molecular weight is 466 g/mol. The number of halogens is 1. The Morgan fingerprint density at radius 1 is 1.18 bits per heavy atom. The van der Waals surface area contributed by atoms with Crippen LogP contribution in [-0.4, -0.2) is 31.3 Å². The van der Waals surface area contributed by atoms with Crippen LogP contribution in [0.5, 0.6) is 0 Å². The molecule has 7 nitrogen and oxygen atoms in total. The summed E-state index contributed by atoms with van der Waals surface area (Å²) in [7, 11) is 1.47. The fraction of sp³-hybridized carbons (Fsp3) is 0.346. The summed E-state index contributed by atoms with van der Waals surface area (Å²) in [6.07, 6.45) is 5.58. The molecular weight excluding hydrogens is 433 g/mol. The van der Waals surface area contributed by atoms with E-state index in [-0.39, 0.29) is 18.1 Å². The number of allylic oxidation sites excluding steroid dienone is 1. The molecule has 1 aliphatic carbocycles. The van der Waals surface area contributed by atoms with E-state index in [2.05, 4.69) is 10.1 Å². The van der Waals surface area contributed by atoms with Crippen molar-refractivity contribution in [3.63, 3.8) is 0 Å². The highest BCUT2D eigenvalue weighted by atomic mass is 19.1. The van der Waals surface area contributed by atoms with E-state index in [0.717, 1.165) is 12.1 Å². The van der Waals surface area contributed by atoms with E-state index in [1.54, 1.807) is 18.4 Å². The number of hydrazone groups is 1. The van der Waals surface area contributed by atoms with Crippen LogP contribution in [0.1, 0.15) is 43.4 Å². The molecule has 0 saturated heterocycles. The summed E-state index contributed by atoms with van der Waals surface area (Å²) in [6, 6.07) is 14.2. The van der Waals surface area contributed by atoms with Gasteiger partial charge in [-0.05, 0) is 49.4 Å². The first kappa shape index (κ1) is 25.1. The van der Waals surface area contributed by atoms with E-state index >= 15 is 0 Å². The number of aliphatic imine (C=N–C) groups is 2. The van der Waals surface area contributed by atoms with Crippen molar-refractivity contribution in [1.82, 2.24) is 0 Å². The third kappa shape index (κ3) is 8.12. The van der Waals surface area contributed by atoms with E-state index in [4.69, 9.17) is 26.0 Å². The Morgan fingerprint density at radius 2 is 1.94 bits per heavy atom. The Labute approximate surface area is 200 Å². The highest BCUT2D eigenvalue weighted by molar-refractivity contribution is 6.36. The van der Waals surface area contributed by atoms with Crippen LogP contribution in [0.25, 0.3) is 0 Å². The molecule has 8 heteroatoms. The Kier molecular flexibility index (Phi) is 9.34. The van der Waals surface area contributed by atoms with E-state index in [9.17, 15) is 4.39 Å². The first-order valence-corrected chi connectivity index (χ1v) is 11.3. The molecule has 1 aliphatic rings. The lowest BCUT2D eigenvalue weighted by atomic mass is 10.1. The molecule has 0 aliphatic heterocycles. The minimum Gasteiger partial charge on any atom is -0.483 e. The Balaban J connectivity index is 1.84. The van der Waals surface area contributed by atoms with Gasteiger partial charge in [-0.1, -0.05) is 30.3 Å². The standard InChI is InChI=1S/C26H32FN5O2/c1-18(34-17-20-6-4-3-5-7-20)24-12-21(27)10-11-25(24)31-22(14-26(28)33-2)13-23(32-29)16-30-15-19-8-9-19/h3-7,10-12,14,16,18-19H,8-9,13,15,17,28-29H2,1-2H3/t18-/m1/s1. The number of hydrogen-bond donors (Lipinski definition) is 2. The number of benzene rings is 2. The SMILES string of the molecule is COC(N)=CC(CC(C=NCC1CC1)=NN)=Nc1ccc(F)cc1[C@@H](C)OCc1ccccc1. The van der Waals surface area contributed by atoms with Crippen LogP contribution < -0.4 is 11.6 Å². The van der Waals surface area contributed by atoms with Gasteiger partial charge in [0, 0.05) is 30.8 Å². The van der Waals surface area contributed by atoms with E-state index in [0.29, 0.717) is 35.2 Å². The number of rotatable bonds is 12. The van der Waals surface area contributed by atoms with Crippen molar-refractivity contribution in [3.05, 3.63) is 77.4 Å². The van der Waals surface area contributed by atoms with Crippen molar-refractivity contribution in [2.75, 3.05) is 13.7 Å². The zero-order valence-electron chi connectivity index (χ0n) is 19.7. The quantitative estimate of drug-likeness (QED) is 0.203. The van der Waals surface area contributed by atoms with Gasteiger partial charge < -0.3 is 21.1 Å². The lowest BCUT2D eigenvalue weighted by molar-refractivity contribution is 0.0527. The van der Waals surface area contributed by atoms with Gasteiger partial charge in [-0.25, -0.2) is 4.39 Å². The van der Waals surface area contributed by atoms with Gasteiger partial charge in [0.15, 0.2) is 5.88 Å². The Bertz CT molecular complexity index is 1060. The summed E-state index contributed by atoms with van der Waals surface area (Å²) in [5.41, 5.74) is 9.20. The first-order valence-electron chi connectivity index (χ1n) is 11.3. The van der Waals surface area contributed by atoms with E-state index in [1.807, 2.05) is 37.3 Å². The van der Waals surface area contributed by atoms with Crippen LogP contribution in [0.2, 0.25) is 0 Å². The highest BCUT2D eigenvalue weighted by Crippen LogP contribution is 2.30. The van der Waals surface area contributed by atoms with Crippen molar-refractivity contribution in [2.45, 2.75) is 38.9 Å². The summed E-state index contributed by atoms with van der Waals surface area (Å²) in [5, 5.41) is 3.85. The van der Waals surface area contributed by atoms with Crippen LogP contribution in [0.4, 0.5) is 10.1 Å². The van der Waals surface area contributed by atoms with Crippen LogP contribution in [-0.2, 0) is 16.1 Å². The Hall–Kier alpha value is -3.52. The molecular formula is C26H32FN5O2. The molecule has 0 bridgehead atoms. The van der Waals surface area contributed by atoms with Gasteiger partial charge in [0.05, 0.1) is 36.9 Å². The first-order chi connectivity index (χ1) is 16.5. The van der Waals surface area contributed by atoms with Crippen LogP contribution in [0, 0.1) is 11.7 Å². The smallest absolute Gasteiger partial charge is 0.185 e. The predicted molar refractivity (Wildman–Crippen MR) is 135 cm³/mol. The molecule has 0 heterocycles.